The highest BCUT2D eigenvalue weighted by molar-refractivity contribution is 7.92. The highest BCUT2D eigenvalue weighted by Crippen LogP contribution is 2.36. The summed E-state index contributed by atoms with van der Waals surface area (Å²) in [5.74, 6) is 0. The minimum Gasteiger partial charge on any atom is -0.611 e. The fourth-order valence-corrected chi connectivity index (χ4v) is 6.46. The molecule has 1 heterocycles. The van der Waals surface area contributed by atoms with Gasteiger partial charge in [-0.3, -0.25) is 0 Å². The van der Waals surface area contributed by atoms with Gasteiger partial charge in [0, 0.05) is 5.02 Å². The SMILES string of the molecule is N#Cc1ccc([S+]([O-])N2C[C@H]([S+]([O-])c3ccc(Cl)cc3)C(O)(CO)C2)c(Cl)c1. The van der Waals surface area contributed by atoms with E-state index in [1.165, 1.54) is 22.5 Å². The summed E-state index contributed by atoms with van der Waals surface area (Å²) in [6, 6.07) is 12.7. The van der Waals surface area contributed by atoms with Crippen LogP contribution in [0.1, 0.15) is 5.56 Å². The van der Waals surface area contributed by atoms with E-state index in [1.54, 1.807) is 24.3 Å². The van der Waals surface area contributed by atoms with Gasteiger partial charge in [0.15, 0.2) is 20.6 Å². The average molecular weight is 459 g/mol. The van der Waals surface area contributed by atoms with Crippen molar-refractivity contribution < 1.29 is 19.3 Å². The lowest BCUT2D eigenvalue weighted by molar-refractivity contribution is 0.00159. The molecule has 0 aliphatic carbocycles. The number of β-amino-alcohol motifs (C(OH)–C–C–N with tert-alkyl or cyclic N) is 1. The normalized spacial score (nSPS) is 24.7. The van der Waals surface area contributed by atoms with Crippen molar-refractivity contribution in [3.05, 3.63) is 58.1 Å². The van der Waals surface area contributed by atoms with E-state index < -0.39 is 40.0 Å². The maximum absolute atomic E-state index is 13.0. The Bertz CT molecular complexity index is 896. The topological polar surface area (TPSA) is 114 Å². The van der Waals surface area contributed by atoms with Crippen molar-refractivity contribution in [1.82, 2.24) is 4.31 Å². The summed E-state index contributed by atoms with van der Waals surface area (Å²) >= 11 is 8.58. The first-order valence-corrected chi connectivity index (χ1v) is 11.2. The summed E-state index contributed by atoms with van der Waals surface area (Å²) in [5, 5.41) is 29.3. The van der Waals surface area contributed by atoms with E-state index in [4.69, 9.17) is 28.5 Å². The van der Waals surface area contributed by atoms with Crippen LogP contribution in [0.15, 0.2) is 52.3 Å². The molecule has 28 heavy (non-hydrogen) atoms. The molecule has 0 aromatic heterocycles. The van der Waals surface area contributed by atoms with Gasteiger partial charge in [-0.05, 0) is 53.6 Å². The Kier molecular flexibility index (Phi) is 6.82. The summed E-state index contributed by atoms with van der Waals surface area (Å²) < 4.78 is 27.4. The average Bonchev–Trinajstić information content (AvgIpc) is 3.05. The summed E-state index contributed by atoms with van der Waals surface area (Å²) in [5.41, 5.74) is -1.36. The molecule has 3 rings (SSSR count). The number of benzene rings is 2. The molecule has 2 N–H and O–H groups in total. The van der Waals surface area contributed by atoms with Crippen LogP contribution in [0.5, 0.6) is 0 Å². The van der Waals surface area contributed by atoms with Crippen LogP contribution < -0.4 is 0 Å². The smallest absolute Gasteiger partial charge is 0.192 e. The predicted octanol–water partition coefficient (Wildman–Crippen LogP) is 2.10. The molecule has 1 aliphatic rings. The largest absolute Gasteiger partial charge is 0.611 e. The third-order valence-corrected chi connectivity index (χ3v) is 8.48. The molecular formula is C18H16Cl2N2O4S2. The monoisotopic (exact) mass is 458 g/mol. The summed E-state index contributed by atoms with van der Waals surface area (Å²) in [6.45, 7) is -0.753. The molecule has 0 bridgehead atoms. The zero-order chi connectivity index (χ0) is 20.5. The van der Waals surface area contributed by atoms with E-state index in [2.05, 4.69) is 0 Å². The molecule has 6 nitrogen and oxygen atoms in total. The highest BCUT2D eigenvalue weighted by atomic mass is 35.5. The molecule has 1 fully saturated rings. The summed E-state index contributed by atoms with van der Waals surface area (Å²) in [6.07, 6.45) is 0. The maximum atomic E-state index is 13.0. The first-order valence-electron chi connectivity index (χ1n) is 8.15. The van der Waals surface area contributed by atoms with Crippen molar-refractivity contribution in [2.75, 3.05) is 19.7 Å². The standard InChI is InChI=1S/C18H16Cl2N2O4S2/c19-13-2-4-14(5-3-13)27(25)17-9-22(10-18(17,24)11-23)28(26)16-6-1-12(8-21)7-15(16)20/h1-7,17,23-24H,9-11H2/t17-,18?,27?,28?/m0/s1. The number of aliphatic hydroxyl groups is 2. The molecule has 3 unspecified atom stereocenters. The minimum absolute atomic E-state index is 0.0231. The molecule has 0 saturated carbocycles. The van der Waals surface area contributed by atoms with Crippen LogP contribution in [-0.4, -0.2) is 54.2 Å². The second kappa shape index (κ2) is 8.79. The fraction of sp³-hybridized carbons (Fsp3) is 0.278. The molecule has 1 aliphatic heterocycles. The van der Waals surface area contributed by atoms with Crippen LogP contribution in [0.4, 0.5) is 0 Å². The number of halogens is 2. The molecule has 2 aromatic carbocycles. The van der Waals surface area contributed by atoms with Crippen molar-refractivity contribution in [2.45, 2.75) is 20.6 Å². The molecule has 0 amide bonds. The number of hydrogen-bond acceptors (Lipinski definition) is 6. The van der Waals surface area contributed by atoms with E-state index in [1.807, 2.05) is 6.07 Å². The third-order valence-electron chi connectivity index (χ3n) is 4.48. The first kappa shape index (κ1) is 21.7. The maximum Gasteiger partial charge on any atom is 0.192 e. The molecule has 1 saturated heterocycles. The van der Waals surface area contributed by atoms with Gasteiger partial charge in [0.05, 0.1) is 47.7 Å². The molecule has 2 aromatic rings. The molecule has 0 radical (unpaired) electrons. The van der Waals surface area contributed by atoms with Crippen LogP contribution in [0.3, 0.4) is 0 Å². The Labute approximate surface area is 178 Å². The van der Waals surface area contributed by atoms with Gasteiger partial charge in [0.1, 0.15) is 0 Å². The minimum atomic E-state index is -1.76. The summed E-state index contributed by atoms with van der Waals surface area (Å²) in [7, 11) is 0. The van der Waals surface area contributed by atoms with Gasteiger partial charge < -0.3 is 19.3 Å². The number of nitrogens with zero attached hydrogens (tertiary/aromatic N) is 2. The van der Waals surface area contributed by atoms with Crippen LogP contribution in [0, 0.1) is 11.3 Å². The second-order valence-corrected chi connectivity index (χ2v) is 10.3. The van der Waals surface area contributed by atoms with Crippen molar-refractivity contribution in [1.29, 1.82) is 5.26 Å². The zero-order valence-electron chi connectivity index (χ0n) is 14.4. The Morgan fingerprint density at radius 2 is 1.89 bits per heavy atom. The van der Waals surface area contributed by atoms with Gasteiger partial charge in [-0.2, -0.15) is 5.26 Å². The van der Waals surface area contributed by atoms with E-state index in [-0.39, 0.29) is 23.0 Å². The Morgan fingerprint density at radius 1 is 1.21 bits per heavy atom. The van der Waals surface area contributed by atoms with Crippen molar-refractivity contribution >= 4 is 45.7 Å². The number of nitriles is 1. The Balaban J connectivity index is 1.85. The van der Waals surface area contributed by atoms with Crippen LogP contribution in [0.25, 0.3) is 0 Å². The van der Waals surface area contributed by atoms with Gasteiger partial charge >= 0.3 is 0 Å². The van der Waals surface area contributed by atoms with Crippen molar-refractivity contribution in [3.63, 3.8) is 0 Å². The van der Waals surface area contributed by atoms with Crippen molar-refractivity contribution in [3.8, 4) is 6.07 Å². The lowest BCUT2D eigenvalue weighted by Crippen LogP contribution is -2.49. The highest BCUT2D eigenvalue weighted by Gasteiger charge is 2.56. The molecular weight excluding hydrogens is 443 g/mol. The Hall–Kier alpha value is -0.990. The van der Waals surface area contributed by atoms with Gasteiger partial charge in [-0.25, -0.2) is 0 Å². The van der Waals surface area contributed by atoms with E-state index in [9.17, 15) is 19.3 Å². The van der Waals surface area contributed by atoms with Crippen LogP contribution in [-0.2, 0) is 22.5 Å². The van der Waals surface area contributed by atoms with E-state index >= 15 is 0 Å². The number of rotatable bonds is 5. The lowest BCUT2D eigenvalue weighted by Gasteiger charge is -2.27. The van der Waals surface area contributed by atoms with Gasteiger partial charge in [0.25, 0.3) is 0 Å². The Morgan fingerprint density at radius 3 is 2.46 bits per heavy atom. The molecule has 10 heteroatoms. The van der Waals surface area contributed by atoms with Gasteiger partial charge in [-0.15, -0.1) is 4.31 Å². The quantitative estimate of drug-likeness (QED) is 0.663. The number of aliphatic hydroxyl groups excluding tert-OH is 1. The second-order valence-electron chi connectivity index (χ2n) is 6.33. The van der Waals surface area contributed by atoms with E-state index in [0.717, 1.165) is 0 Å². The predicted molar refractivity (Wildman–Crippen MR) is 108 cm³/mol. The van der Waals surface area contributed by atoms with E-state index in [0.29, 0.717) is 15.5 Å². The molecule has 148 valence electrons. The van der Waals surface area contributed by atoms with Crippen LogP contribution >= 0.6 is 23.2 Å². The third kappa shape index (κ3) is 4.28. The van der Waals surface area contributed by atoms with Gasteiger partial charge in [-0.1, -0.05) is 23.2 Å². The first-order chi connectivity index (χ1) is 13.3. The number of hydrogen-bond donors (Lipinski definition) is 2. The molecule has 0 spiro atoms. The molecule has 4 atom stereocenters. The zero-order valence-corrected chi connectivity index (χ0v) is 17.6. The van der Waals surface area contributed by atoms with Gasteiger partial charge in [0.2, 0.25) is 0 Å². The fourth-order valence-electron chi connectivity index (χ4n) is 2.96. The van der Waals surface area contributed by atoms with Crippen LogP contribution in [0.2, 0.25) is 10.0 Å². The summed E-state index contributed by atoms with van der Waals surface area (Å²) in [4.78, 5) is 0.726. The van der Waals surface area contributed by atoms with Crippen molar-refractivity contribution in [2.24, 2.45) is 0 Å². The lowest BCUT2D eigenvalue weighted by atomic mass is 10.1.